The Morgan fingerprint density at radius 3 is 2.32 bits per heavy atom. The Bertz CT molecular complexity index is 426. The molecule has 4 nitrogen and oxygen atoms in total. The normalized spacial score (nSPS) is 10.2. The lowest BCUT2D eigenvalue weighted by Crippen LogP contribution is -2.30. The quantitative estimate of drug-likeness (QED) is 0.823. The third kappa shape index (κ3) is 5.12. The number of carbonyl (C=O) groups excluding carboxylic acids is 1. The molecule has 1 amide bonds. The van der Waals surface area contributed by atoms with Crippen LogP contribution >= 0.6 is 0 Å². The summed E-state index contributed by atoms with van der Waals surface area (Å²) in [6.45, 7) is 3.81. The van der Waals surface area contributed by atoms with Gasteiger partial charge in [0.15, 0.2) is 0 Å². The van der Waals surface area contributed by atoms with E-state index in [1.165, 1.54) is 17.4 Å². The first-order valence-electron chi connectivity index (χ1n) is 6.63. The number of unbranched alkanes of at least 4 members (excludes halogenated alkanes) is 1. The fraction of sp³-hybridized carbons (Fsp3) is 0.467. The van der Waals surface area contributed by atoms with E-state index in [2.05, 4.69) is 6.92 Å². The van der Waals surface area contributed by atoms with Crippen LogP contribution in [0.25, 0.3) is 0 Å². The van der Waals surface area contributed by atoms with Crippen molar-refractivity contribution < 1.29 is 14.7 Å². The number of hydrogen-bond donors (Lipinski definition) is 1. The lowest BCUT2D eigenvalue weighted by atomic mass is 10.1. The molecule has 0 radical (unpaired) electrons. The van der Waals surface area contributed by atoms with Crippen molar-refractivity contribution in [3.63, 3.8) is 0 Å². The van der Waals surface area contributed by atoms with Gasteiger partial charge in [-0.15, -0.1) is 0 Å². The van der Waals surface area contributed by atoms with Gasteiger partial charge in [0.05, 0.1) is 6.42 Å². The van der Waals surface area contributed by atoms with Gasteiger partial charge < -0.3 is 10.0 Å². The van der Waals surface area contributed by atoms with Crippen molar-refractivity contribution in [1.82, 2.24) is 0 Å². The maximum atomic E-state index is 11.5. The number of carboxylic acids is 1. The van der Waals surface area contributed by atoms with E-state index in [9.17, 15) is 9.59 Å². The molecular formula is C15H21NO3. The number of carboxylic acid groups (broad SMARTS) is 1. The molecule has 1 N–H and O–H groups in total. The molecule has 0 bridgehead atoms. The van der Waals surface area contributed by atoms with Crippen molar-refractivity contribution in [3.05, 3.63) is 29.8 Å². The van der Waals surface area contributed by atoms with Gasteiger partial charge in [0, 0.05) is 19.2 Å². The molecule has 1 aromatic carbocycles. The number of aliphatic carboxylic acids is 1. The van der Waals surface area contributed by atoms with Crippen LogP contribution in [0.4, 0.5) is 5.69 Å². The van der Waals surface area contributed by atoms with Crippen LogP contribution in [-0.2, 0) is 16.0 Å². The average Bonchev–Trinajstić information content (AvgIpc) is 2.37. The van der Waals surface area contributed by atoms with E-state index < -0.39 is 5.97 Å². The number of amides is 1. The zero-order valence-electron chi connectivity index (χ0n) is 11.6. The molecule has 0 atom stereocenters. The second-order valence-electron chi connectivity index (χ2n) is 4.58. The molecule has 0 aromatic heterocycles. The van der Waals surface area contributed by atoms with Gasteiger partial charge in [0.25, 0.3) is 0 Å². The Labute approximate surface area is 114 Å². The predicted octanol–water partition coefficient (Wildman–Crippen LogP) is 2.86. The number of carbonyl (C=O) groups is 2. The summed E-state index contributed by atoms with van der Waals surface area (Å²) in [6, 6.07) is 7.77. The third-order valence-electron chi connectivity index (χ3n) is 3.00. The molecule has 19 heavy (non-hydrogen) atoms. The first-order valence-corrected chi connectivity index (χ1v) is 6.63. The van der Waals surface area contributed by atoms with E-state index in [-0.39, 0.29) is 18.9 Å². The zero-order valence-corrected chi connectivity index (χ0v) is 11.6. The Kier molecular flexibility index (Phi) is 6.06. The number of rotatable bonds is 7. The van der Waals surface area contributed by atoms with Crippen LogP contribution in [0.5, 0.6) is 0 Å². The fourth-order valence-corrected chi connectivity index (χ4v) is 1.90. The highest BCUT2D eigenvalue weighted by molar-refractivity contribution is 5.92. The average molecular weight is 263 g/mol. The van der Waals surface area contributed by atoms with Crippen molar-refractivity contribution in [3.8, 4) is 0 Å². The van der Waals surface area contributed by atoms with Crippen molar-refractivity contribution in [1.29, 1.82) is 0 Å². The summed E-state index contributed by atoms with van der Waals surface area (Å²) in [4.78, 5) is 23.6. The van der Waals surface area contributed by atoms with Crippen molar-refractivity contribution in [2.45, 2.75) is 39.5 Å². The van der Waals surface area contributed by atoms with Crippen molar-refractivity contribution in [2.24, 2.45) is 0 Å². The minimum atomic E-state index is -0.897. The lowest BCUT2D eigenvalue weighted by molar-refractivity contribution is -0.136. The van der Waals surface area contributed by atoms with Crippen LogP contribution in [0.15, 0.2) is 24.3 Å². The summed E-state index contributed by atoms with van der Waals surface area (Å²) >= 11 is 0. The number of anilines is 1. The SMILES string of the molecule is CCCCc1ccc(N(CCC(=O)O)C(C)=O)cc1. The summed E-state index contributed by atoms with van der Waals surface area (Å²) in [7, 11) is 0. The maximum Gasteiger partial charge on any atom is 0.305 e. The monoisotopic (exact) mass is 263 g/mol. The largest absolute Gasteiger partial charge is 0.481 e. The molecule has 1 rings (SSSR count). The molecule has 0 saturated heterocycles. The molecule has 0 heterocycles. The number of nitrogens with zero attached hydrogens (tertiary/aromatic N) is 1. The molecule has 0 fully saturated rings. The summed E-state index contributed by atoms with van der Waals surface area (Å²) < 4.78 is 0. The highest BCUT2D eigenvalue weighted by Gasteiger charge is 2.12. The molecule has 104 valence electrons. The second kappa shape index (κ2) is 7.56. The van der Waals surface area contributed by atoms with Gasteiger partial charge in [-0.2, -0.15) is 0 Å². The van der Waals surface area contributed by atoms with Gasteiger partial charge >= 0.3 is 5.97 Å². The van der Waals surface area contributed by atoms with Crippen molar-refractivity contribution in [2.75, 3.05) is 11.4 Å². The second-order valence-corrected chi connectivity index (χ2v) is 4.58. The van der Waals surface area contributed by atoms with E-state index >= 15 is 0 Å². The van der Waals surface area contributed by atoms with Crippen LogP contribution in [-0.4, -0.2) is 23.5 Å². The summed E-state index contributed by atoms with van der Waals surface area (Å²) in [5.41, 5.74) is 2.00. The molecule has 0 aliphatic rings. The van der Waals surface area contributed by atoms with Gasteiger partial charge in [-0.25, -0.2) is 0 Å². The highest BCUT2D eigenvalue weighted by atomic mass is 16.4. The van der Waals surface area contributed by atoms with E-state index in [1.54, 1.807) is 0 Å². The van der Waals surface area contributed by atoms with Gasteiger partial charge in [-0.3, -0.25) is 9.59 Å². The standard InChI is InChI=1S/C15H21NO3/c1-3-4-5-13-6-8-14(9-7-13)16(12(2)17)11-10-15(18)19/h6-9H,3-5,10-11H2,1-2H3,(H,18,19). The summed E-state index contributed by atoms with van der Waals surface area (Å²) in [5.74, 6) is -1.03. The Morgan fingerprint density at radius 2 is 1.84 bits per heavy atom. The fourth-order valence-electron chi connectivity index (χ4n) is 1.90. The first-order chi connectivity index (χ1) is 9.04. The van der Waals surface area contributed by atoms with E-state index in [1.807, 2.05) is 24.3 Å². The van der Waals surface area contributed by atoms with Crippen LogP contribution in [0.1, 0.15) is 38.7 Å². The third-order valence-corrected chi connectivity index (χ3v) is 3.00. The van der Waals surface area contributed by atoms with Gasteiger partial charge in [-0.1, -0.05) is 25.5 Å². The summed E-state index contributed by atoms with van der Waals surface area (Å²) in [6.07, 6.45) is 3.29. The van der Waals surface area contributed by atoms with Crippen LogP contribution in [0.3, 0.4) is 0 Å². The first kappa shape index (κ1) is 15.2. The Hall–Kier alpha value is -1.84. The van der Waals surface area contributed by atoms with Gasteiger partial charge in [0.2, 0.25) is 5.91 Å². The summed E-state index contributed by atoms with van der Waals surface area (Å²) in [5, 5.41) is 8.69. The molecule has 0 aliphatic heterocycles. The molecule has 0 saturated carbocycles. The minimum absolute atomic E-state index is 0.0445. The number of hydrogen-bond acceptors (Lipinski definition) is 2. The molecular weight excluding hydrogens is 242 g/mol. The van der Waals surface area contributed by atoms with Gasteiger partial charge in [0.1, 0.15) is 0 Å². The van der Waals surface area contributed by atoms with Crippen LogP contribution < -0.4 is 4.90 Å². The van der Waals surface area contributed by atoms with Crippen molar-refractivity contribution >= 4 is 17.6 Å². The molecule has 4 heteroatoms. The van der Waals surface area contributed by atoms with E-state index in [0.717, 1.165) is 24.9 Å². The molecule has 1 aromatic rings. The van der Waals surface area contributed by atoms with E-state index in [0.29, 0.717) is 0 Å². The van der Waals surface area contributed by atoms with Crippen LogP contribution in [0, 0.1) is 0 Å². The predicted molar refractivity (Wildman–Crippen MR) is 75.3 cm³/mol. The molecule has 0 spiro atoms. The lowest BCUT2D eigenvalue weighted by Gasteiger charge is -2.20. The topological polar surface area (TPSA) is 57.6 Å². The molecule has 0 aliphatic carbocycles. The Balaban J connectivity index is 2.73. The van der Waals surface area contributed by atoms with E-state index in [4.69, 9.17) is 5.11 Å². The smallest absolute Gasteiger partial charge is 0.305 e. The number of aryl methyl sites for hydroxylation is 1. The number of benzene rings is 1. The van der Waals surface area contributed by atoms with Gasteiger partial charge in [-0.05, 0) is 30.5 Å². The maximum absolute atomic E-state index is 11.5. The molecule has 0 unspecified atom stereocenters. The Morgan fingerprint density at radius 1 is 1.21 bits per heavy atom. The highest BCUT2D eigenvalue weighted by Crippen LogP contribution is 2.17. The van der Waals surface area contributed by atoms with Crippen LogP contribution in [0.2, 0.25) is 0 Å². The minimum Gasteiger partial charge on any atom is -0.481 e. The zero-order chi connectivity index (χ0) is 14.3.